The van der Waals surface area contributed by atoms with Crippen molar-refractivity contribution in [2.75, 3.05) is 26.3 Å². The van der Waals surface area contributed by atoms with Crippen LogP contribution in [0.5, 0.6) is 0 Å². The van der Waals surface area contributed by atoms with E-state index in [4.69, 9.17) is 16.3 Å². The van der Waals surface area contributed by atoms with Gasteiger partial charge in [-0.1, -0.05) is 23.7 Å². The first-order valence-corrected chi connectivity index (χ1v) is 7.13. The van der Waals surface area contributed by atoms with Gasteiger partial charge in [0.25, 0.3) is 0 Å². The minimum atomic E-state index is -0.461. The van der Waals surface area contributed by atoms with Crippen molar-refractivity contribution in [3.63, 3.8) is 0 Å². The summed E-state index contributed by atoms with van der Waals surface area (Å²) < 4.78 is 5.50. The standard InChI is InChI=1S/C15H22ClNO2/c1-15(2)11-19-9-8-17(15)7-6-14(18)12-4-3-5-13(16)10-12/h3-5,10,14,18H,6-9,11H2,1-2H3. The molecule has 3 nitrogen and oxygen atoms in total. The van der Waals surface area contributed by atoms with Crippen LogP contribution in [0.3, 0.4) is 0 Å². The van der Waals surface area contributed by atoms with Gasteiger partial charge in [-0.3, -0.25) is 4.90 Å². The Morgan fingerprint density at radius 1 is 1.47 bits per heavy atom. The summed E-state index contributed by atoms with van der Waals surface area (Å²) in [6.45, 7) is 7.67. The Balaban J connectivity index is 1.91. The number of hydrogen-bond acceptors (Lipinski definition) is 3. The Morgan fingerprint density at radius 2 is 2.26 bits per heavy atom. The second-order valence-electron chi connectivity index (χ2n) is 5.71. The highest BCUT2D eigenvalue weighted by Gasteiger charge is 2.30. The largest absolute Gasteiger partial charge is 0.388 e. The molecule has 1 aromatic rings. The molecule has 19 heavy (non-hydrogen) atoms. The first-order chi connectivity index (χ1) is 8.99. The van der Waals surface area contributed by atoms with Gasteiger partial charge in [-0.2, -0.15) is 0 Å². The summed E-state index contributed by atoms with van der Waals surface area (Å²) in [5.74, 6) is 0. The Morgan fingerprint density at radius 3 is 2.95 bits per heavy atom. The average Bonchev–Trinajstić information content (AvgIpc) is 2.36. The van der Waals surface area contributed by atoms with Gasteiger partial charge in [0.15, 0.2) is 0 Å². The zero-order valence-corrected chi connectivity index (χ0v) is 12.4. The van der Waals surface area contributed by atoms with Gasteiger partial charge in [0.05, 0.1) is 19.3 Å². The van der Waals surface area contributed by atoms with Gasteiger partial charge in [-0.15, -0.1) is 0 Å². The Kier molecular flexibility index (Phi) is 4.85. The fraction of sp³-hybridized carbons (Fsp3) is 0.600. The van der Waals surface area contributed by atoms with Gasteiger partial charge in [-0.05, 0) is 38.0 Å². The van der Waals surface area contributed by atoms with E-state index in [9.17, 15) is 5.11 Å². The van der Waals surface area contributed by atoms with E-state index >= 15 is 0 Å². The summed E-state index contributed by atoms with van der Waals surface area (Å²) in [6.07, 6.45) is 0.251. The molecule has 1 N–H and O–H groups in total. The number of morpholine rings is 1. The maximum atomic E-state index is 10.2. The number of ether oxygens (including phenoxy) is 1. The van der Waals surface area contributed by atoms with Crippen LogP contribution in [-0.2, 0) is 4.74 Å². The van der Waals surface area contributed by atoms with Gasteiger partial charge < -0.3 is 9.84 Å². The molecule has 1 fully saturated rings. The minimum Gasteiger partial charge on any atom is -0.388 e. The molecule has 0 aliphatic carbocycles. The molecule has 106 valence electrons. The van der Waals surface area contributed by atoms with Crippen molar-refractivity contribution in [3.05, 3.63) is 34.9 Å². The van der Waals surface area contributed by atoms with Crippen LogP contribution in [0.2, 0.25) is 5.02 Å². The minimum absolute atomic E-state index is 0.0479. The molecular formula is C15H22ClNO2. The van der Waals surface area contributed by atoms with Gasteiger partial charge in [-0.25, -0.2) is 0 Å². The van der Waals surface area contributed by atoms with Crippen molar-refractivity contribution >= 4 is 11.6 Å². The van der Waals surface area contributed by atoms with E-state index in [2.05, 4.69) is 18.7 Å². The number of nitrogens with zero attached hydrogens (tertiary/aromatic N) is 1. The zero-order valence-electron chi connectivity index (χ0n) is 11.6. The fourth-order valence-electron chi connectivity index (χ4n) is 2.46. The number of rotatable bonds is 4. The number of aliphatic hydroxyl groups is 1. The molecule has 1 unspecified atom stereocenters. The lowest BCUT2D eigenvalue weighted by atomic mass is 10.0. The van der Waals surface area contributed by atoms with Crippen molar-refractivity contribution in [2.45, 2.75) is 31.9 Å². The topological polar surface area (TPSA) is 32.7 Å². The lowest BCUT2D eigenvalue weighted by Crippen LogP contribution is -2.53. The van der Waals surface area contributed by atoms with E-state index in [1.807, 2.05) is 24.3 Å². The zero-order chi connectivity index (χ0) is 13.9. The van der Waals surface area contributed by atoms with Crippen molar-refractivity contribution in [1.29, 1.82) is 0 Å². The fourth-order valence-corrected chi connectivity index (χ4v) is 2.66. The quantitative estimate of drug-likeness (QED) is 0.922. The molecule has 0 saturated carbocycles. The van der Waals surface area contributed by atoms with E-state index in [0.29, 0.717) is 11.4 Å². The highest BCUT2D eigenvalue weighted by atomic mass is 35.5. The van der Waals surface area contributed by atoms with Gasteiger partial charge in [0.2, 0.25) is 0 Å². The van der Waals surface area contributed by atoms with E-state index in [1.165, 1.54) is 0 Å². The summed E-state index contributed by atoms with van der Waals surface area (Å²) in [4.78, 5) is 2.38. The second-order valence-corrected chi connectivity index (χ2v) is 6.15. The summed E-state index contributed by atoms with van der Waals surface area (Å²) in [6, 6.07) is 7.44. The smallest absolute Gasteiger partial charge is 0.0802 e. The second kappa shape index (κ2) is 6.23. The van der Waals surface area contributed by atoms with Crippen LogP contribution >= 0.6 is 11.6 Å². The highest BCUT2D eigenvalue weighted by Crippen LogP contribution is 2.24. The third-order valence-electron chi connectivity index (χ3n) is 3.72. The molecule has 0 radical (unpaired) electrons. The van der Waals surface area contributed by atoms with E-state index in [-0.39, 0.29) is 5.54 Å². The molecule has 1 saturated heterocycles. The van der Waals surface area contributed by atoms with E-state index < -0.39 is 6.10 Å². The number of benzene rings is 1. The van der Waals surface area contributed by atoms with Crippen LogP contribution in [0.15, 0.2) is 24.3 Å². The lowest BCUT2D eigenvalue weighted by Gasteiger charge is -2.42. The van der Waals surface area contributed by atoms with E-state index in [0.717, 1.165) is 31.9 Å². The molecule has 0 spiro atoms. The Labute approximate surface area is 120 Å². The van der Waals surface area contributed by atoms with Crippen LogP contribution in [0.4, 0.5) is 0 Å². The molecule has 2 rings (SSSR count). The van der Waals surface area contributed by atoms with Crippen LogP contribution < -0.4 is 0 Å². The Bertz CT molecular complexity index is 422. The number of hydrogen-bond donors (Lipinski definition) is 1. The maximum Gasteiger partial charge on any atom is 0.0802 e. The van der Waals surface area contributed by atoms with E-state index in [1.54, 1.807) is 0 Å². The summed E-state index contributed by atoms with van der Waals surface area (Å²) in [7, 11) is 0. The molecule has 4 heteroatoms. The van der Waals surface area contributed by atoms with Crippen molar-refractivity contribution in [3.8, 4) is 0 Å². The van der Waals surface area contributed by atoms with Crippen molar-refractivity contribution < 1.29 is 9.84 Å². The number of aliphatic hydroxyl groups excluding tert-OH is 1. The first kappa shape index (κ1) is 14.8. The first-order valence-electron chi connectivity index (χ1n) is 6.75. The molecule has 0 amide bonds. The van der Waals surface area contributed by atoms with Crippen LogP contribution in [0, 0.1) is 0 Å². The monoisotopic (exact) mass is 283 g/mol. The Hall–Kier alpha value is -0.610. The number of halogens is 1. The third-order valence-corrected chi connectivity index (χ3v) is 3.96. The molecule has 1 aliphatic heterocycles. The average molecular weight is 284 g/mol. The lowest BCUT2D eigenvalue weighted by molar-refractivity contribution is -0.0552. The summed E-state index contributed by atoms with van der Waals surface area (Å²) >= 11 is 5.95. The van der Waals surface area contributed by atoms with Crippen molar-refractivity contribution in [2.24, 2.45) is 0 Å². The SMILES string of the molecule is CC1(C)COCCN1CCC(O)c1cccc(Cl)c1. The molecule has 1 aliphatic rings. The molecule has 1 atom stereocenters. The van der Waals surface area contributed by atoms with Gasteiger partial charge >= 0.3 is 0 Å². The molecule has 1 aromatic carbocycles. The molecule has 1 heterocycles. The maximum absolute atomic E-state index is 10.2. The molecule has 0 aromatic heterocycles. The predicted octanol–water partition coefficient (Wildman–Crippen LogP) is 2.87. The normalized spacial score (nSPS) is 21.3. The van der Waals surface area contributed by atoms with Crippen LogP contribution in [0.25, 0.3) is 0 Å². The molecular weight excluding hydrogens is 262 g/mol. The molecule has 0 bridgehead atoms. The predicted molar refractivity (Wildman–Crippen MR) is 77.5 cm³/mol. The highest BCUT2D eigenvalue weighted by molar-refractivity contribution is 6.30. The van der Waals surface area contributed by atoms with Crippen LogP contribution in [0.1, 0.15) is 31.9 Å². The van der Waals surface area contributed by atoms with Gasteiger partial charge in [0.1, 0.15) is 0 Å². The van der Waals surface area contributed by atoms with Crippen LogP contribution in [-0.4, -0.2) is 41.8 Å². The third kappa shape index (κ3) is 3.93. The van der Waals surface area contributed by atoms with Gasteiger partial charge in [0, 0.05) is 23.7 Å². The summed E-state index contributed by atoms with van der Waals surface area (Å²) in [5.41, 5.74) is 0.935. The summed E-state index contributed by atoms with van der Waals surface area (Å²) in [5, 5.41) is 10.9. The van der Waals surface area contributed by atoms with Crippen molar-refractivity contribution in [1.82, 2.24) is 4.90 Å².